The summed E-state index contributed by atoms with van der Waals surface area (Å²) < 4.78 is 14.5. The first-order valence-corrected chi connectivity index (χ1v) is 7.11. The number of Topliss-reactive ketones (excluding diaryl/α,β-unsaturated/α-hetero) is 1. The largest absolute Gasteiger partial charge is 0.482 e. The molecule has 1 aliphatic rings. The van der Waals surface area contributed by atoms with Crippen molar-refractivity contribution >= 4 is 29.3 Å². The van der Waals surface area contributed by atoms with Gasteiger partial charge in [-0.05, 0) is 25.1 Å². The molecular weight excluding hydrogens is 318 g/mol. The molecular formula is C16H15NO7. The van der Waals surface area contributed by atoms with Crippen LogP contribution in [0.3, 0.4) is 0 Å². The SMILES string of the molecule is CCOC(=O)C=CC(=O)OCC(=O)c1ccc2c(c1)NC(=O)CO2. The molecule has 1 aliphatic heterocycles. The van der Waals surface area contributed by atoms with Gasteiger partial charge >= 0.3 is 11.9 Å². The van der Waals surface area contributed by atoms with Crippen LogP contribution in [0, 0.1) is 0 Å². The Hall–Kier alpha value is -3.16. The first-order chi connectivity index (χ1) is 11.5. The number of benzene rings is 1. The van der Waals surface area contributed by atoms with Gasteiger partial charge in [-0.2, -0.15) is 0 Å². The Labute approximate surface area is 137 Å². The van der Waals surface area contributed by atoms with Gasteiger partial charge in [0.05, 0.1) is 12.3 Å². The second-order valence-electron chi connectivity index (χ2n) is 4.66. The summed E-state index contributed by atoms with van der Waals surface area (Å²) in [5.41, 5.74) is 0.632. The van der Waals surface area contributed by atoms with Gasteiger partial charge in [-0.15, -0.1) is 0 Å². The van der Waals surface area contributed by atoms with Crippen molar-refractivity contribution in [2.75, 3.05) is 25.1 Å². The maximum absolute atomic E-state index is 12.0. The van der Waals surface area contributed by atoms with Gasteiger partial charge in [0.25, 0.3) is 5.91 Å². The van der Waals surface area contributed by atoms with Gasteiger partial charge in [0, 0.05) is 17.7 Å². The highest BCUT2D eigenvalue weighted by Crippen LogP contribution is 2.28. The Balaban J connectivity index is 1.91. The van der Waals surface area contributed by atoms with Crippen LogP contribution in [0.15, 0.2) is 30.4 Å². The summed E-state index contributed by atoms with van der Waals surface area (Å²) in [6, 6.07) is 4.49. The first-order valence-electron chi connectivity index (χ1n) is 7.11. The number of fused-ring (bicyclic) bond motifs is 1. The van der Waals surface area contributed by atoms with E-state index in [9.17, 15) is 19.2 Å². The lowest BCUT2D eigenvalue weighted by molar-refractivity contribution is -0.139. The standard InChI is InChI=1S/C16H15NO7/c1-2-22-15(20)5-6-16(21)24-8-12(18)10-3-4-13-11(7-10)17-14(19)9-23-13/h3-7H,2,8-9H2,1H3,(H,17,19). The molecule has 0 atom stereocenters. The molecule has 0 fully saturated rings. The van der Waals surface area contributed by atoms with Gasteiger partial charge < -0.3 is 19.5 Å². The zero-order valence-electron chi connectivity index (χ0n) is 12.9. The molecule has 24 heavy (non-hydrogen) atoms. The Morgan fingerprint density at radius 1 is 1.21 bits per heavy atom. The molecule has 1 amide bonds. The molecule has 8 heteroatoms. The number of hydrogen-bond acceptors (Lipinski definition) is 7. The van der Waals surface area contributed by atoms with E-state index in [0.29, 0.717) is 11.4 Å². The van der Waals surface area contributed by atoms with Gasteiger partial charge in [-0.1, -0.05) is 0 Å². The van der Waals surface area contributed by atoms with Gasteiger partial charge in [-0.25, -0.2) is 9.59 Å². The number of nitrogens with one attached hydrogen (secondary N) is 1. The summed E-state index contributed by atoms with van der Waals surface area (Å²) in [5.74, 6) is -1.84. The van der Waals surface area contributed by atoms with Crippen LogP contribution in [0.5, 0.6) is 5.75 Å². The zero-order valence-corrected chi connectivity index (χ0v) is 12.9. The molecule has 2 rings (SSSR count). The van der Waals surface area contributed by atoms with E-state index in [1.807, 2.05) is 0 Å². The molecule has 126 valence electrons. The Morgan fingerprint density at radius 3 is 2.62 bits per heavy atom. The number of ether oxygens (including phenoxy) is 3. The maximum atomic E-state index is 12.0. The van der Waals surface area contributed by atoms with Gasteiger partial charge in [0.1, 0.15) is 5.75 Å². The summed E-state index contributed by atoms with van der Waals surface area (Å²) in [6.07, 6.45) is 1.80. The quantitative estimate of drug-likeness (QED) is 0.467. The van der Waals surface area contributed by atoms with Crippen molar-refractivity contribution in [1.29, 1.82) is 0 Å². The molecule has 0 aliphatic carbocycles. The van der Waals surface area contributed by atoms with Crippen LogP contribution < -0.4 is 10.1 Å². The van der Waals surface area contributed by atoms with E-state index in [4.69, 9.17) is 9.47 Å². The minimum atomic E-state index is -0.842. The summed E-state index contributed by atoms with van der Waals surface area (Å²) in [5, 5.41) is 2.58. The first kappa shape index (κ1) is 17.2. The smallest absolute Gasteiger partial charge is 0.331 e. The van der Waals surface area contributed by atoms with Crippen LogP contribution in [0.4, 0.5) is 5.69 Å². The molecule has 0 aromatic heterocycles. The van der Waals surface area contributed by atoms with Crippen LogP contribution in [0.2, 0.25) is 0 Å². The van der Waals surface area contributed by atoms with Gasteiger partial charge in [0.15, 0.2) is 19.0 Å². The lowest BCUT2D eigenvalue weighted by Crippen LogP contribution is -2.25. The Kier molecular flexibility index (Phi) is 5.67. The van der Waals surface area contributed by atoms with E-state index in [0.717, 1.165) is 12.2 Å². The highest BCUT2D eigenvalue weighted by Gasteiger charge is 2.18. The minimum Gasteiger partial charge on any atom is -0.482 e. The molecule has 0 unspecified atom stereocenters. The van der Waals surface area contributed by atoms with Crippen LogP contribution in [0.25, 0.3) is 0 Å². The van der Waals surface area contributed by atoms with Crippen LogP contribution in [0.1, 0.15) is 17.3 Å². The van der Waals surface area contributed by atoms with Gasteiger partial charge in [0.2, 0.25) is 0 Å². The van der Waals surface area contributed by atoms with Crippen LogP contribution in [-0.4, -0.2) is 43.4 Å². The lowest BCUT2D eigenvalue weighted by atomic mass is 10.1. The molecule has 0 spiro atoms. The third-order valence-corrected chi connectivity index (χ3v) is 2.92. The fourth-order valence-corrected chi connectivity index (χ4v) is 1.85. The van der Waals surface area contributed by atoms with Crippen molar-refractivity contribution in [3.8, 4) is 5.75 Å². The molecule has 1 heterocycles. The Morgan fingerprint density at radius 2 is 1.92 bits per heavy atom. The molecule has 0 bridgehead atoms. The van der Waals surface area contributed by atoms with Crippen LogP contribution in [-0.2, 0) is 23.9 Å². The van der Waals surface area contributed by atoms with Crippen molar-refractivity contribution < 1.29 is 33.4 Å². The molecule has 8 nitrogen and oxygen atoms in total. The normalized spacial score (nSPS) is 12.8. The predicted molar refractivity (Wildman–Crippen MR) is 81.6 cm³/mol. The average Bonchev–Trinajstić information content (AvgIpc) is 2.57. The van der Waals surface area contributed by atoms with Crippen molar-refractivity contribution in [1.82, 2.24) is 0 Å². The number of esters is 2. The average molecular weight is 333 g/mol. The minimum absolute atomic E-state index is 0.0787. The second-order valence-corrected chi connectivity index (χ2v) is 4.66. The number of carbonyl (C=O) groups is 4. The van der Waals surface area contributed by atoms with E-state index in [2.05, 4.69) is 10.1 Å². The zero-order chi connectivity index (χ0) is 17.5. The van der Waals surface area contributed by atoms with Gasteiger partial charge in [-0.3, -0.25) is 9.59 Å². The highest BCUT2D eigenvalue weighted by molar-refractivity contribution is 6.02. The molecule has 0 saturated heterocycles. The number of hydrogen-bond donors (Lipinski definition) is 1. The summed E-state index contributed by atoms with van der Waals surface area (Å²) >= 11 is 0. The number of carbonyl (C=O) groups excluding carboxylic acids is 4. The summed E-state index contributed by atoms with van der Waals surface area (Å²) in [4.78, 5) is 45.7. The molecule has 1 aromatic rings. The van der Waals surface area contributed by atoms with E-state index in [1.165, 1.54) is 12.1 Å². The van der Waals surface area contributed by atoms with Crippen molar-refractivity contribution in [2.24, 2.45) is 0 Å². The summed E-state index contributed by atoms with van der Waals surface area (Å²) in [6.45, 7) is 1.24. The number of ketones is 1. The van der Waals surface area contributed by atoms with E-state index >= 15 is 0 Å². The van der Waals surface area contributed by atoms with E-state index < -0.39 is 24.3 Å². The monoisotopic (exact) mass is 333 g/mol. The van der Waals surface area contributed by atoms with Crippen molar-refractivity contribution in [3.05, 3.63) is 35.9 Å². The topological polar surface area (TPSA) is 108 Å². The van der Waals surface area contributed by atoms with Crippen molar-refractivity contribution in [2.45, 2.75) is 6.92 Å². The van der Waals surface area contributed by atoms with E-state index in [-0.39, 0.29) is 24.7 Å². The molecule has 1 aromatic carbocycles. The number of anilines is 1. The maximum Gasteiger partial charge on any atom is 0.331 e. The van der Waals surface area contributed by atoms with Crippen LogP contribution >= 0.6 is 0 Å². The molecule has 0 radical (unpaired) electrons. The van der Waals surface area contributed by atoms with E-state index in [1.54, 1.807) is 13.0 Å². The fraction of sp³-hybridized carbons (Fsp3) is 0.250. The predicted octanol–water partition coefficient (Wildman–Crippen LogP) is 0.863. The lowest BCUT2D eigenvalue weighted by Gasteiger charge is -2.18. The third-order valence-electron chi connectivity index (χ3n) is 2.92. The second kappa shape index (κ2) is 7.91. The third kappa shape index (κ3) is 4.67. The number of rotatable bonds is 6. The highest BCUT2D eigenvalue weighted by atomic mass is 16.5. The molecule has 1 N–H and O–H groups in total. The molecule has 0 saturated carbocycles. The Bertz CT molecular complexity index is 708. The summed E-state index contributed by atoms with van der Waals surface area (Å²) in [7, 11) is 0. The number of amides is 1. The van der Waals surface area contributed by atoms with Crippen molar-refractivity contribution in [3.63, 3.8) is 0 Å². The fourth-order valence-electron chi connectivity index (χ4n) is 1.85.